The monoisotopic (exact) mass is 430 g/mol. The Morgan fingerprint density at radius 2 is 1.74 bits per heavy atom. The number of carbonyl (C=O) groups is 1. The Morgan fingerprint density at radius 3 is 2.32 bits per heavy atom. The summed E-state index contributed by atoms with van der Waals surface area (Å²) in [5, 5.41) is 11.5. The molecule has 31 heavy (non-hydrogen) atoms. The second-order valence-electron chi connectivity index (χ2n) is 7.80. The fourth-order valence-electron chi connectivity index (χ4n) is 3.79. The van der Waals surface area contributed by atoms with Crippen molar-refractivity contribution in [3.05, 3.63) is 58.7 Å². The van der Waals surface area contributed by atoms with Gasteiger partial charge in [0.1, 0.15) is 0 Å². The summed E-state index contributed by atoms with van der Waals surface area (Å²) < 4.78 is 41.6. The second kappa shape index (κ2) is 8.57. The number of nitrogens with zero attached hydrogens (tertiary/aromatic N) is 2. The first-order chi connectivity index (χ1) is 14.5. The standard InChI is InChI=1S/C24H25F3N2O2/c1-5-6-19(30)13-28-16(4)22-20-8-7-17(24(25,26)27)12-21(20)29(23(22)31)18-10-14(2)9-15(3)11-18/h7-12,31H,5-6,13H2,1-4H3. The van der Waals surface area contributed by atoms with Crippen molar-refractivity contribution in [2.24, 2.45) is 4.99 Å². The molecular formula is C24H25F3N2O2. The molecule has 0 radical (unpaired) electrons. The molecule has 3 aromatic rings. The minimum Gasteiger partial charge on any atom is -0.494 e. The fourth-order valence-corrected chi connectivity index (χ4v) is 3.79. The number of aromatic nitrogens is 1. The first kappa shape index (κ1) is 22.6. The smallest absolute Gasteiger partial charge is 0.416 e. The van der Waals surface area contributed by atoms with Gasteiger partial charge in [-0.15, -0.1) is 0 Å². The van der Waals surface area contributed by atoms with E-state index in [-0.39, 0.29) is 23.7 Å². The number of alkyl halides is 3. The largest absolute Gasteiger partial charge is 0.494 e. The lowest BCUT2D eigenvalue weighted by molar-refractivity contribution is -0.137. The maximum atomic E-state index is 13.4. The summed E-state index contributed by atoms with van der Waals surface area (Å²) in [6.07, 6.45) is -3.40. The summed E-state index contributed by atoms with van der Waals surface area (Å²) in [5.41, 5.74) is 2.53. The van der Waals surface area contributed by atoms with Crippen molar-refractivity contribution in [2.45, 2.75) is 46.7 Å². The van der Waals surface area contributed by atoms with Crippen molar-refractivity contribution >= 4 is 22.4 Å². The summed E-state index contributed by atoms with van der Waals surface area (Å²) >= 11 is 0. The highest BCUT2D eigenvalue weighted by Crippen LogP contribution is 2.39. The topological polar surface area (TPSA) is 54.6 Å². The highest BCUT2D eigenvalue weighted by atomic mass is 19.4. The Hall–Kier alpha value is -3.09. The molecule has 0 spiro atoms. The Morgan fingerprint density at radius 1 is 1.10 bits per heavy atom. The molecule has 0 bridgehead atoms. The molecule has 0 aliphatic heterocycles. The third-order valence-corrected chi connectivity index (χ3v) is 5.12. The lowest BCUT2D eigenvalue weighted by Gasteiger charge is -2.11. The number of aliphatic imine (C=N–C) groups is 1. The zero-order chi connectivity index (χ0) is 22.9. The highest BCUT2D eigenvalue weighted by molar-refractivity contribution is 6.13. The molecule has 7 heteroatoms. The van der Waals surface area contributed by atoms with E-state index in [1.165, 1.54) is 10.6 Å². The van der Waals surface area contributed by atoms with E-state index in [0.717, 1.165) is 23.3 Å². The maximum absolute atomic E-state index is 13.4. The van der Waals surface area contributed by atoms with E-state index in [9.17, 15) is 23.1 Å². The van der Waals surface area contributed by atoms with Gasteiger partial charge in [0.15, 0.2) is 5.78 Å². The number of hydrogen-bond donors (Lipinski definition) is 1. The molecule has 1 aromatic heterocycles. The molecule has 0 saturated carbocycles. The number of aryl methyl sites for hydroxylation is 2. The van der Waals surface area contributed by atoms with Crippen LogP contribution in [0.1, 0.15) is 48.9 Å². The van der Waals surface area contributed by atoms with Crippen LogP contribution in [0, 0.1) is 13.8 Å². The molecule has 0 unspecified atom stereocenters. The minimum atomic E-state index is -4.52. The average molecular weight is 430 g/mol. The van der Waals surface area contributed by atoms with Crippen LogP contribution < -0.4 is 0 Å². The van der Waals surface area contributed by atoms with Crippen molar-refractivity contribution < 1.29 is 23.1 Å². The van der Waals surface area contributed by atoms with Crippen molar-refractivity contribution in [1.82, 2.24) is 4.57 Å². The molecule has 1 heterocycles. The summed E-state index contributed by atoms with van der Waals surface area (Å²) in [6, 6.07) is 8.92. The van der Waals surface area contributed by atoms with Crippen LogP contribution in [-0.2, 0) is 11.0 Å². The number of aromatic hydroxyl groups is 1. The molecule has 0 atom stereocenters. The highest BCUT2D eigenvalue weighted by Gasteiger charge is 2.32. The molecule has 1 N–H and O–H groups in total. The third-order valence-electron chi connectivity index (χ3n) is 5.12. The van der Waals surface area contributed by atoms with E-state index in [1.807, 2.05) is 26.8 Å². The molecular weight excluding hydrogens is 405 g/mol. The van der Waals surface area contributed by atoms with E-state index in [2.05, 4.69) is 4.99 Å². The van der Waals surface area contributed by atoms with Crippen LogP contribution in [0.25, 0.3) is 16.6 Å². The SMILES string of the molecule is CCCC(=O)CN=C(C)c1c(O)n(-c2cc(C)cc(C)c2)c2cc(C(F)(F)F)ccc12. The molecule has 0 amide bonds. The van der Waals surface area contributed by atoms with Gasteiger partial charge in [0.05, 0.1) is 23.2 Å². The molecule has 0 saturated heterocycles. The Kier molecular flexibility index (Phi) is 6.25. The molecule has 0 aliphatic carbocycles. The zero-order valence-corrected chi connectivity index (χ0v) is 18.0. The number of halogens is 3. The molecule has 3 rings (SSSR count). The van der Waals surface area contributed by atoms with Crippen LogP contribution in [0.3, 0.4) is 0 Å². The van der Waals surface area contributed by atoms with Gasteiger partial charge in [-0.2, -0.15) is 13.2 Å². The van der Waals surface area contributed by atoms with Gasteiger partial charge in [-0.25, -0.2) is 0 Å². The Bertz CT molecular complexity index is 1150. The average Bonchev–Trinajstić information content (AvgIpc) is 2.96. The number of benzene rings is 2. The predicted molar refractivity (Wildman–Crippen MR) is 116 cm³/mol. The van der Waals surface area contributed by atoms with Gasteiger partial charge < -0.3 is 5.11 Å². The van der Waals surface area contributed by atoms with Gasteiger partial charge >= 0.3 is 6.18 Å². The van der Waals surface area contributed by atoms with Gasteiger partial charge in [-0.05, 0) is 62.6 Å². The molecule has 0 fully saturated rings. The number of fused-ring (bicyclic) bond motifs is 1. The normalized spacial score (nSPS) is 12.5. The van der Waals surface area contributed by atoms with Gasteiger partial charge in [0.25, 0.3) is 0 Å². The molecule has 164 valence electrons. The van der Waals surface area contributed by atoms with Crippen LogP contribution in [0.4, 0.5) is 13.2 Å². The van der Waals surface area contributed by atoms with E-state index in [4.69, 9.17) is 0 Å². The Labute approximate surface area is 179 Å². The van der Waals surface area contributed by atoms with Crippen molar-refractivity contribution in [1.29, 1.82) is 0 Å². The van der Waals surface area contributed by atoms with Crippen LogP contribution in [-0.4, -0.2) is 27.7 Å². The number of rotatable bonds is 6. The quantitative estimate of drug-likeness (QED) is 0.477. The van der Waals surface area contributed by atoms with Crippen LogP contribution >= 0.6 is 0 Å². The molecule has 4 nitrogen and oxygen atoms in total. The van der Waals surface area contributed by atoms with E-state index in [1.54, 1.807) is 19.1 Å². The summed E-state index contributed by atoms with van der Waals surface area (Å²) in [4.78, 5) is 16.2. The lowest BCUT2D eigenvalue weighted by atomic mass is 10.1. The van der Waals surface area contributed by atoms with Crippen LogP contribution in [0.5, 0.6) is 5.88 Å². The van der Waals surface area contributed by atoms with Crippen molar-refractivity contribution in [3.63, 3.8) is 0 Å². The minimum absolute atomic E-state index is 0.0289. The number of Topliss-reactive ketones (excluding diaryl/α,β-unsaturated/α-hetero) is 1. The Balaban J connectivity index is 2.28. The number of hydrogen-bond acceptors (Lipinski definition) is 3. The lowest BCUT2D eigenvalue weighted by Crippen LogP contribution is -2.05. The van der Waals surface area contributed by atoms with Crippen LogP contribution in [0.15, 0.2) is 41.4 Å². The van der Waals surface area contributed by atoms with Gasteiger partial charge in [-0.3, -0.25) is 14.4 Å². The molecule has 2 aromatic carbocycles. The van der Waals surface area contributed by atoms with Crippen molar-refractivity contribution in [3.8, 4) is 11.6 Å². The van der Waals surface area contributed by atoms with Crippen LogP contribution in [0.2, 0.25) is 0 Å². The zero-order valence-electron chi connectivity index (χ0n) is 18.0. The van der Waals surface area contributed by atoms with Gasteiger partial charge in [0, 0.05) is 23.2 Å². The molecule has 0 aliphatic rings. The number of ketones is 1. The van der Waals surface area contributed by atoms with E-state index in [0.29, 0.717) is 35.2 Å². The first-order valence-electron chi connectivity index (χ1n) is 10.1. The van der Waals surface area contributed by atoms with Gasteiger partial charge in [0.2, 0.25) is 5.88 Å². The summed E-state index contributed by atoms with van der Waals surface area (Å²) in [6.45, 7) is 7.28. The maximum Gasteiger partial charge on any atom is 0.416 e. The first-order valence-corrected chi connectivity index (χ1v) is 10.1. The number of carbonyl (C=O) groups excluding carboxylic acids is 1. The second-order valence-corrected chi connectivity index (χ2v) is 7.80. The van der Waals surface area contributed by atoms with E-state index >= 15 is 0 Å². The summed E-state index contributed by atoms with van der Waals surface area (Å²) in [7, 11) is 0. The predicted octanol–water partition coefficient (Wildman–Crippen LogP) is 6.15. The third kappa shape index (κ3) is 4.65. The van der Waals surface area contributed by atoms with E-state index < -0.39 is 11.7 Å². The fraction of sp³-hybridized carbons (Fsp3) is 0.333. The van der Waals surface area contributed by atoms with Crippen molar-refractivity contribution in [2.75, 3.05) is 6.54 Å². The summed E-state index contributed by atoms with van der Waals surface area (Å²) in [5.74, 6) is -0.234. The van der Waals surface area contributed by atoms with Gasteiger partial charge in [-0.1, -0.05) is 19.1 Å².